The van der Waals surface area contributed by atoms with Gasteiger partial charge in [0.05, 0.1) is 25.2 Å². The Balaban J connectivity index is 2.27. The quantitative estimate of drug-likeness (QED) is 0.135. The first-order valence-corrected chi connectivity index (χ1v) is 14.9. The maximum Gasteiger partial charge on any atom is 0.513 e. The molecule has 0 amide bonds. The van der Waals surface area contributed by atoms with Gasteiger partial charge in [0.1, 0.15) is 6.04 Å². The normalized spacial score (nSPS) is 15.9. The Labute approximate surface area is 248 Å². The van der Waals surface area contributed by atoms with Gasteiger partial charge < -0.3 is 34.5 Å². The Morgan fingerprint density at radius 3 is 1.93 bits per heavy atom. The van der Waals surface area contributed by atoms with Gasteiger partial charge in [-0.2, -0.15) is 0 Å². The zero-order chi connectivity index (χ0) is 31.2. The average molecular weight is 594 g/mol. The molecule has 1 aromatic rings. The Morgan fingerprint density at radius 1 is 0.857 bits per heavy atom. The van der Waals surface area contributed by atoms with Crippen molar-refractivity contribution < 1.29 is 48.0 Å². The van der Waals surface area contributed by atoms with Gasteiger partial charge in [-0.25, -0.2) is 9.59 Å². The SMILES string of the molecule is CC(C)CCOC(=O)Oc1ccc(C(CC(C)OC(=O)C2CCCCC2)[C@H](N)C(=O)O)cc1OC(=O)OCCC(C)C. The van der Waals surface area contributed by atoms with E-state index in [1.165, 1.54) is 18.2 Å². The molecular formula is C31H47NO10. The molecule has 0 radical (unpaired) electrons. The third-order valence-electron chi connectivity index (χ3n) is 7.17. The highest BCUT2D eigenvalue weighted by Crippen LogP contribution is 2.35. The average Bonchev–Trinajstić information content (AvgIpc) is 2.92. The van der Waals surface area contributed by atoms with Crippen LogP contribution in [0.15, 0.2) is 18.2 Å². The molecule has 0 saturated heterocycles. The molecule has 0 aromatic heterocycles. The molecule has 1 aliphatic rings. The minimum Gasteiger partial charge on any atom is -0.480 e. The van der Waals surface area contributed by atoms with Gasteiger partial charge in [0.15, 0.2) is 11.5 Å². The number of hydrogen-bond acceptors (Lipinski definition) is 10. The maximum atomic E-state index is 12.7. The van der Waals surface area contributed by atoms with Crippen LogP contribution in [0.3, 0.4) is 0 Å². The fourth-order valence-corrected chi connectivity index (χ4v) is 4.61. The van der Waals surface area contributed by atoms with Crippen molar-refractivity contribution in [3.63, 3.8) is 0 Å². The molecular weight excluding hydrogens is 546 g/mol. The van der Waals surface area contributed by atoms with Crippen LogP contribution in [-0.2, 0) is 23.8 Å². The lowest BCUT2D eigenvalue weighted by molar-refractivity contribution is -0.155. The van der Waals surface area contributed by atoms with Crippen molar-refractivity contribution in [2.24, 2.45) is 23.5 Å². The summed E-state index contributed by atoms with van der Waals surface area (Å²) in [6.07, 6.45) is 3.33. The second kappa shape index (κ2) is 17.6. The predicted molar refractivity (Wildman–Crippen MR) is 154 cm³/mol. The number of carboxylic acids is 1. The molecule has 11 nitrogen and oxygen atoms in total. The molecule has 3 atom stereocenters. The highest BCUT2D eigenvalue weighted by Gasteiger charge is 2.31. The van der Waals surface area contributed by atoms with Crippen molar-refractivity contribution in [3.8, 4) is 11.5 Å². The first kappa shape index (κ1) is 34.9. The number of ether oxygens (including phenoxy) is 5. The summed E-state index contributed by atoms with van der Waals surface area (Å²) in [5.74, 6) is -2.21. The molecule has 0 bridgehead atoms. The summed E-state index contributed by atoms with van der Waals surface area (Å²) >= 11 is 0. The number of carboxylic acid groups (broad SMARTS) is 1. The van der Waals surface area contributed by atoms with E-state index in [1.54, 1.807) is 6.92 Å². The van der Waals surface area contributed by atoms with Crippen LogP contribution in [0, 0.1) is 17.8 Å². The maximum absolute atomic E-state index is 12.7. The lowest BCUT2D eigenvalue weighted by Gasteiger charge is -2.27. The van der Waals surface area contributed by atoms with Crippen molar-refractivity contribution in [1.82, 2.24) is 0 Å². The number of esters is 1. The van der Waals surface area contributed by atoms with E-state index in [4.69, 9.17) is 29.4 Å². The minimum absolute atomic E-state index is 0.0989. The van der Waals surface area contributed by atoms with E-state index in [-0.39, 0.29) is 43.0 Å². The van der Waals surface area contributed by atoms with E-state index in [1.807, 2.05) is 27.7 Å². The second-order valence-corrected chi connectivity index (χ2v) is 11.8. The predicted octanol–water partition coefficient (Wildman–Crippen LogP) is 6.21. The number of rotatable bonds is 15. The number of carbonyl (C=O) groups is 4. The summed E-state index contributed by atoms with van der Waals surface area (Å²) in [6.45, 7) is 9.90. The summed E-state index contributed by atoms with van der Waals surface area (Å²) in [5.41, 5.74) is 6.47. The molecule has 0 heterocycles. The number of benzene rings is 1. The largest absolute Gasteiger partial charge is 0.513 e. The van der Waals surface area contributed by atoms with Crippen molar-refractivity contribution in [2.75, 3.05) is 13.2 Å². The Bertz CT molecular complexity index is 1030. The van der Waals surface area contributed by atoms with E-state index < -0.39 is 36.3 Å². The van der Waals surface area contributed by atoms with Crippen LogP contribution in [0.2, 0.25) is 0 Å². The monoisotopic (exact) mass is 593 g/mol. The number of nitrogens with two attached hydrogens (primary N) is 1. The third-order valence-corrected chi connectivity index (χ3v) is 7.17. The summed E-state index contributed by atoms with van der Waals surface area (Å²) in [7, 11) is 0. The standard InChI is InChI=1S/C31H47NO10/c1-19(2)13-15-38-30(36)41-25-12-11-23(18-26(25)42-31(37)39-16-14-20(3)4)24(27(32)28(33)34)17-21(5)40-29(35)22-9-7-6-8-10-22/h11-12,18-22,24,27H,6-10,13-17,32H2,1-5H3,(H,33,34)/t21?,24?,27-/m0/s1. The van der Waals surface area contributed by atoms with Crippen molar-refractivity contribution in [3.05, 3.63) is 23.8 Å². The highest BCUT2D eigenvalue weighted by atomic mass is 16.7. The minimum atomic E-state index is -1.36. The zero-order valence-electron chi connectivity index (χ0n) is 25.5. The molecule has 2 rings (SSSR count). The summed E-state index contributed by atoms with van der Waals surface area (Å²) < 4.78 is 26.6. The molecule has 0 spiro atoms. The smallest absolute Gasteiger partial charge is 0.480 e. The van der Waals surface area contributed by atoms with Gasteiger partial charge >= 0.3 is 24.2 Å². The molecule has 0 aliphatic heterocycles. The van der Waals surface area contributed by atoms with Gasteiger partial charge in [0.2, 0.25) is 0 Å². The van der Waals surface area contributed by atoms with Crippen LogP contribution in [-0.4, -0.2) is 54.7 Å². The van der Waals surface area contributed by atoms with Gasteiger partial charge in [-0.15, -0.1) is 0 Å². The number of carbonyl (C=O) groups excluding carboxylic acids is 3. The van der Waals surface area contributed by atoms with Crippen LogP contribution in [0.25, 0.3) is 0 Å². The van der Waals surface area contributed by atoms with Crippen LogP contribution in [0.4, 0.5) is 9.59 Å². The lowest BCUT2D eigenvalue weighted by Crippen LogP contribution is -2.38. The Kier molecular flexibility index (Phi) is 14.6. The first-order chi connectivity index (χ1) is 19.9. The number of aliphatic carboxylic acids is 1. The van der Waals surface area contributed by atoms with Gasteiger partial charge in [0, 0.05) is 5.92 Å². The van der Waals surface area contributed by atoms with Gasteiger partial charge in [-0.3, -0.25) is 9.59 Å². The van der Waals surface area contributed by atoms with E-state index in [0.29, 0.717) is 30.2 Å². The molecule has 2 unspecified atom stereocenters. The van der Waals surface area contributed by atoms with Crippen molar-refractivity contribution >= 4 is 24.2 Å². The Hall–Kier alpha value is -3.34. The fraction of sp³-hybridized carbons (Fsp3) is 0.677. The lowest BCUT2D eigenvalue weighted by atomic mass is 9.86. The highest BCUT2D eigenvalue weighted by molar-refractivity contribution is 5.75. The van der Waals surface area contributed by atoms with Crippen LogP contribution < -0.4 is 15.2 Å². The zero-order valence-corrected chi connectivity index (χ0v) is 25.5. The third kappa shape index (κ3) is 12.3. The second-order valence-electron chi connectivity index (χ2n) is 11.8. The van der Waals surface area contributed by atoms with E-state index in [0.717, 1.165) is 32.1 Å². The molecule has 1 aliphatic carbocycles. The molecule has 3 N–H and O–H groups in total. The topological polar surface area (TPSA) is 161 Å². The van der Waals surface area contributed by atoms with Crippen molar-refractivity contribution in [1.29, 1.82) is 0 Å². The number of hydrogen-bond donors (Lipinski definition) is 2. The molecule has 42 heavy (non-hydrogen) atoms. The van der Waals surface area contributed by atoms with E-state index in [9.17, 15) is 24.3 Å². The van der Waals surface area contributed by atoms with E-state index in [2.05, 4.69) is 0 Å². The summed E-state index contributed by atoms with van der Waals surface area (Å²) in [4.78, 5) is 49.4. The van der Waals surface area contributed by atoms with Gasteiger partial charge in [-0.1, -0.05) is 53.0 Å². The fourth-order valence-electron chi connectivity index (χ4n) is 4.61. The van der Waals surface area contributed by atoms with E-state index >= 15 is 0 Å². The van der Waals surface area contributed by atoms with Gasteiger partial charge in [-0.05, 0) is 68.6 Å². The Morgan fingerprint density at radius 2 is 1.40 bits per heavy atom. The van der Waals surface area contributed by atoms with Crippen LogP contribution in [0.1, 0.15) is 97.5 Å². The summed E-state index contributed by atoms with van der Waals surface area (Å²) in [6, 6.07) is 2.91. The first-order valence-electron chi connectivity index (χ1n) is 14.9. The van der Waals surface area contributed by atoms with Crippen LogP contribution >= 0.6 is 0 Å². The summed E-state index contributed by atoms with van der Waals surface area (Å²) in [5, 5.41) is 9.74. The van der Waals surface area contributed by atoms with Gasteiger partial charge in [0.25, 0.3) is 0 Å². The van der Waals surface area contributed by atoms with Crippen LogP contribution in [0.5, 0.6) is 11.5 Å². The molecule has 236 valence electrons. The molecule has 11 heteroatoms. The molecule has 1 saturated carbocycles. The molecule has 1 fully saturated rings. The molecule has 1 aromatic carbocycles. The van der Waals surface area contributed by atoms with Crippen molar-refractivity contribution in [2.45, 2.75) is 104 Å².